The zero-order valence-electron chi connectivity index (χ0n) is 10.4. The normalized spacial score (nSPS) is 11.6. The van der Waals surface area contributed by atoms with Gasteiger partial charge in [-0.2, -0.15) is 0 Å². The summed E-state index contributed by atoms with van der Waals surface area (Å²) in [6.45, 7) is 9.16. The topological polar surface area (TPSA) is 15.3 Å². The monoisotopic (exact) mass is 204 g/mol. The molecular formula is C12H21BN2. The molecule has 1 aromatic carbocycles. The van der Waals surface area contributed by atoms with E-state index < -0.39 is 0 Å². The molecule has 0 atom stereocenters. The third kappa shape index (κ3) is 3.59. The van der Waals surface area contributed by atoms with Gasteiger partial charge in [0, 0.05) is 11.2 Å². The zero-order valence-corrected chi connectivity index (χ0v) is 10.4. The maximum absolute atomic E-state index is 3.47. The van der Waals surface area contributed by atoms with Gasteiger partial charge in [0.2, 0.25) is 0 Å². The number of anilines is 1. The molecule has 0 heterocycles. The van der Waals surface area contributed by atoms with Crippen molar-refractivity contribution in [3.05, 3.63) is 30.3 Å². The van der Waals surface area contributed by atoms with Crippen molar-refractivity contribution in [2.75, 3.05) is 12.3 Å². The van der Waals surface area contributed by atoms with Crippen molar-refractivity contribution in [2.45, 2.75) is 33.1 Å². The molecule has 0 aliphatic carbocycles. The lowest BCUT2D eigenvalue weighted by atomic mass is 9.74. The molecule has 2 nitrogen and oxygen atoms in total. The number of nitrogens with one attached hydrogen (secondary N) is 1. The van der Waals surface area contributed by atoms with Crippen LogP contribution >= 0.6 is 0 Å². The second-order valence-corrected chi connectivity index (χ2v) is 4.97. The van der Waals surface area contributed by atoms with E-state index in [-0.39, 0.29) is 5.54 Å². The number of hydrogen-bond donors (Lipinski definition) is 1. The van der Waals surface area contributed by atoms with Gasteiger partial charge in [-0.3, -0.25) is 0 Å². The molecule has 0 unspecified atom stereocenters. The Morgan fingerprint density at radius 2 is 1.67 bits per heavy atom. The van der Waals surface area contributed by atoms with Gasteiger partial charge >= 0.3 is 6.98 Å². The number of rotatable bonds is 3. The van der Waals surface area contributed by atoms with E-state index in [4.69, 9.17) is 0 Å². The average Bonchev–Trinajstić information content (AvgIpc) is 2.16. The maximum atomic E-state index is 3.47. The van der Waals surface area contributed by atoms with E-state index in [1.165, 1.54) is 5.69 Å². The van der Waals surface area contributed by atoms with E-state index in [0.717, 1.165) is 0 Å². The van der Waals surface area contributed by atoms with E-state index in [1.54, 1.807) is 0 Å². The van der Waals surface area contributed by atoms with Crippen LogP contribution in [0.25, 0.3) is 0 Å². The Kier molecular flexibility index (Phi) is 3.80. The van der Waals surface area contributed by atoms with Crippen molar-refractivity contribution in [3.63, 3.8) is 0 Å². The molecule has 0 aliphatic heterocycles. The predicted molar refractivity (Wildman–Crippen MR) is 69.2 cm³/mol. The highest BCUT2D eigenvalue weighted by molar-refractivity contribution is 6.58. The summed E-state index contributed by atoms with van der Waals surface area (Å²) in [6.07, 6.45) is 0. The number of nitrogens with zero attached hydrogens (tertiary/aromatic N) is 1. The minimum atomic E-state index is 0.182. The molecule has 0 saturated carbocycles. The molecule has 0 amide bonds. The first-order chi connectivity index (χ1) is 6.91. The highest BCUT2D eigenvalue weighted by Crippen LogP contribution is 2.14. The van der Waals surface area contributed by atoms with Crippen molar-refractivity contribution in [1.82, 2.24) is 4.81 Å². The summed E-state index contributed by atoms with van der Waals surface area (Å²) in [5, 5.41) is 3.47. The largest absolute Gasteiger partial charge is 0.415 e. The van der Waals surface area contributed by atoms with Crippen molar-refractivity contribution < 1.29 is 0 Å². The number of hydrogen-bond acceptors (Lipinski definition) is 2. The van der Waals surface area contributed by atoms with Crippen LogP contribution in [-0.4, -0.2) is 24.4 Å². The highest BCUT2D eigenvalue weighted by atomic mass is 15.2. The van der Waals surface area contributed by atoms with Crippen LogP contribution in [-0.2, 0) is 0 Å². The number of para-hydroxylation sites is 1. The van der Waals surface area contributed by atoms with Gasteiger partial charge < -0.3 is 10.0 Å². The Morgan fingerprint density at radius 3 is 2.13 bits per heavy atom. The minimum absolute atomic E-state index is 0.182. The van der Waals surface area contributed by atoms with Crippen molar-refractivity contribution in [2.24, 2.45) is 0 Å². The molecule has 1 aromatic rings. The van der Waals surface area contributed by atoms with Crippen LogP contribution in [0.4, 0.5) is 5.69 Å². The molecule has 0 aliphatic rings. The Bertz CT molecular complexity index is 292. The summed E-state index contributed by atoms with van der Waals surface area (Å²) in [7, 11) is 2.14. The Hall–Kier alpha value is -0.955. The fourth-order valence-corrected chi connectivity index (χ4v) is 1.45. The van der Waals surface area contributed by atoms with Gasteiger partial charge in [0.05, 0.1) is 0 Å². The van der Waals surface area contributed by atoms with Crippen LogP contribution in [0.1, 0.15) is 20.8 Å². The van der Waals surface area contributed by atoms with E-state index >= 15 is 0 Å². The lowest BCUT2D eigenvalue weighted by molar-refractivity contribution is 0.294. The van der Waals surface area contributed by atoms with Crippen LogP contribution in [0.5, 0.6) is 0 Å². The van der Waals surface area contributed by atoms with Crippen LogP contribution in [0.3, 0.4) is 0 Å². The Balaban J connectivity index is 2.60. The van der Waals surface area contributed by atoms with Crippen molar-refractivity contribution in [3.8, 4) is 0 Å². The average molecular weight is 204 g/mol. The summed E-state index contributed by atoms with van der Waals surface area (Å²) >= 11 is 0. The molecule has 1 rings (SSSR count). The van der Waals surface area contributed by atoms with E-state index in [9.17, 15) is 0 Å². The summed E-state index contributed by atoms with van der Waals surface area (Å²) in [5.74, 6) is 0. The van der Waals surface area contributed by atoms with Gasteiger partial charge in [0.1, 0.15) is 0 Å². The minimum Gasteiger partial charge on any atom is -0.415 e. The first kappa shape index (κ1) is 12.1. The smallest absolute Gasteiger partial charge is 0.337 e. The summed E-state index contributed by atoms with van der Waals surface area (Å²) in [5.41, 5.74) is 1.35. The Morgan fingerprint density at radius 1 is 1.13 bits per heavy atom. The van der Waals surface area contributed by atoms with E-state index in [1.807, 2.05) is 18.2 Å². The van der Waals surface area contributed by atoms with Gasteiger partial charge in [0.15, 0.2) is 0 Å². The fraction of sp³-hybridized carbons (Fsp3) is 0.500. The lowest BCUT2D eigenvalue weighted by Gasteiger charge is -2.35. The molecular weight excluding hydrogens is 183 g/mol. The van der Waals surface area contributed by atoms with Crippen molar-refractivity contribution >= 4 is 12.7 Å². The molecule has 0 bridgehead atoms. The van der Waals surface area contributed by atoms with Gasteiger partial charge in [-0.05, 0) is 46.8 Å². The van der Waals surface area contributed by atoms with Gasteiger partial charge in [-0.15, -0.1) is 0 Å². The van der Waals surface area contributed by atoms with Crippen molar-refractivity contribution in [1.29, 1.82) is 0 Å². The zero-order chi connectivity index (χ0) is 11.5. The molecule has 82 valence electrons. The summed E-state index contributed by atoms with van der Waals surface area (Å²) in [6, 6.07) is 10.3. The summed E-state index contributed by atoms with van der Waals surface area (Å²) in [4.78, 5) is 2.32. The van der Waals surface area contributed by atoms with E-state index in [0.29, 0.717) is 6.98 Å². The van der Waals surface area contributed by atoms with Crippen LogP contribution in [0.2, 0.25) is 6.82 Å². The highest BCUT2D eigenvalue weighted by Gasteiger charge is 2.25. The Labute approximate surface area is 93.8 Å². The fourth-order valence-electron chi connectivity index (χ4n) is 1.45. The van der Waals surface area contributed by atoms with Gasteiger partial charge in [0.25, 0.3) is 0 Å². The third-order valence-corrected chi connectivity index (χ3v) is 2.79. The second-order valence-electron chi connectivity index (χ2n) is 4.97. The first-order valence-corrected chi connectivity index (χ1v) is 5.46. The molecule has 3 heteroatoms. The quantitative estimate of drug-likeness (QED) is 0.761. The molecule has 0 saturated heterocycles. The molecule has 0 spiro atoms. The molecule has 0 radical (unpaired) electrons. The lowest BCUT2D eigenvalue weighted by Crippen LogP contribution is -2.50. The van der Waals surface area contributed by atoms with Crippen LogP contribution in [0, 0.1) is 0 Å². The standard InChI is InChI=1S/C12H21BN2/c1-12(2,3)15(5)13(4)14-11-9-7-6-8-10-11/h6-10,14H,1-5H3. The SMILES string of the molecule is CB(Nc1ccccc1)N(C)C(C)(C)C. The predicted octanol–water partition coefficient (Wildman–Crippen LogP) is 2.95. The van der Waals surface area contributed by atoms with E-state index in [2.05, 4.69) is 56.8 Å². The second kappa shape index (κ2) is 4.71. The molecule has 1 N–H and O–H groups in total. The number of benzene rings is 1. The maximum Gasteiger partial charge on any atom is 0.337 e. The third-order valence-electron chi connectivity index (χ3n) is 2.79. The molecule has 0 aromatic heterocycles. The van der Waals surface area contributed by atoms with Gasteiger partial charge in [-0.1, -0.05) is 18.2 Å². The van der Waals surface area contributed by atoms with Crippen LogP contribution in [0.15, 0.2) is 30.3 Å². The van der Waals surface area contributed by atoms with Crippen LogP contribution < -0.4 is 5.23 Å². The first-order valence-electron chi connectivity index (χ1n) is 5.46. The van der Waals surface area contributed by atoms with Gasteiger partial charge in [-0.25, -0.2) is 0 Å². The molecule has 15 heavy (non-hydrogen) atoms. The molecule has 0 fully saturated rings. The summed E-state index contributed by atoms with van der Waals surface area (Å²) < 4.78 is 0.